The molecule has 2 rings (SSSR count). The molecule has 0 spiro atoms. The summed E-state index contributed by atoms with van der Waals surface area (Å²) < 4.78 is 17.9. The van der Waals surface area contributed by atoms with Gasteiger partial charge in [0, 0.05) is 18.8 Å². The highest BCUT2D eigenvalue weighted by molar-refractivity contribution is 7.80. The molecule has 28 heavy (non-hydrogen) atoms. The monoisotopic (exact) mass is 423 g/mol. The molecule has 2 aromatic rings. The summed E-state index contributed by atoms with van der Waals surface area (Å²) in [6, 6.07) is 5.70. The topological polar surface area (TPSA) is 70.7 Å². The first-order valence-corrected chi connectivity index (χ1v) is 9.89. The molecule has 0 aliphatic heterocycles. The average Bonchev–Trinajstić information content (AvgIpc) is 2.99. The lowest BCUT2D eigenvalue weighted by molar-refractivity contribution is 0.0601. The molecule has 150 valence electrons. The summed E-state index contributed by atoms with van der Waals surface area (Å²) in [7, 11) is 1.28. The van der Waals surface area contributed by atoms with Gasteiger partial charge in [-0.15, -0.1) is 11.3 Å². The lowest BCUT2D eigenvalue weighted by atomic mass is 10.1. The first-order valence-electron chi connectivity index (χ1n) is 8.66. The number of rotatable bonds is 6. The highest BCUT2D eigenvalue weighted by Crippen LogP contribution is 2.34. The van der Waals surface area contributed by atoms with E-state index in [0.29, 0.717) is 34.2 Å². The van der Waals surface area contributed by atoms with Crippen LogP contribution in [-0.2, 0) is 4.74 Å². The molecule has 0 atom stereocenters. The molecule has 0 saturated heterocycles. The van der Waals surface area contributed by atoms with Crippen LogP contribution in [0.5, 0.6) is 0 Å². The van der Waals surface area contributed by atoms with Gasteiger partial charge in [-0.25, -0.2) is 9.18 Å². The Bertz CT molecular complexity index is 877. The van der Waals surface area contributed by atoms with Crippen LogP contribution < -0.4 is 10.6 Å². The van der Waals surface area contributed by atoms with Crippen molar-refractivity contribution in [1.82, 2.24) is 4.90 Å². The van der Waals surface area contributed by atoms with Gasteiger partial charge in [0.1, 0.15) is 10.8 Å². The molecular formula is C19H22FN3O3S2. The Morgan fingerprint density at radius 2 is 1.79 bits per heavy atom. The number of carbonyl (C=O) groups excluding carboxylic acids is 2. The average molecular weight is 424 g/mol. The Morgan fingerprint density at radius 3 is 2.32 bits per heavy atom. The van der Waals surface area contributed by atoms with E-state index in [1.807, 2.05) is 13.8 Å². The van der Waals surface area contributed by atoms with Gasteiger partial charge in [0.15, 0.2) is 5.11 Å². The molecule has 0 saturated carbocycles. The van der Waals surface area contributed by atoms with Crippen molar-refractivity contribution in [3.05, 3.63) is 46.1 Å². The number of anilines is 2. The van der Waals surface area contributed by atoms with Crippen LogP contribution in [0, 0.1) is 12.7 Å². The number of hydrogen-bond acceptors (Lipinski definition) is 5. The number of esters is 1. The van der Waals surface area contributed by atoms with E-state index in [1.165, 1.54) is 19.2 Å². The van der Waals surface area contributed by atoms with Crippen LogP contribution in [0.25, 0.3) is 0 Å². The van der Waals surface area contributed by atoms with Gasteiger partial charge < -0.3 is 20.3 Å². The number of hydrogen-bond donors (Lipinski definition) is 2. The fraction of sp³-hybridized carbons (Fsp3) is 0.316. The smallest absolute Gasteiger partial charge is 0.341 e. The third kappa shape index (κ3) is 4.85. The molecule has 1 aromatic heterocycles. The minimum absolute atomic E-state index is 0.150. The van der Waals surface area contributed by atoms with Gasteiger partial charge in [0.05, 0.1) is 17.6 Å². The molecule has 1 heterocycles. The quantitative estimate of drug-likeness (QED) is 0.534. The van der Waals surface area contributed by atoms with Gasteiger partial charge in [-0.05, 0) is 62.8 Å². The summed E-state index contributed by atoms with van der Waals surface area (Å²) >= 11 is 6.44. The van der Waals surface area contributed by atoms with Crippen molar-refractivity contribution >= 4 is 51.2 Å². The fourth-order valence-corrected chi connectivity index (χ4v) is 4.06. The van der Waals surface area contributed by atoms with Crippen LogP contribution in [0.1, 0.15) is 39.4 Å². The maximum Gasteiger partial charge on any atom is 0.341 e. The molecule has 9 heteroatoms. The minimum atomic E-state index is -0.556. The summed E-state index contributed by atoms with van der Waals surface area (Å²) in [6.07, 6.45) is 0. The fourth-order valence-electron chi connectivity index (χ4n) is 2.61. The molecule has 1 amide bonds. The summed E-state index contributed by atoms with van der Waals surface area (Å²) in [4.78, 5) is 27.2. The van der Waals surface area contributed by atoms with E-state index in [-0.39, 0.29) is 22.4 Å². The van der Waals surface area contributed by atoms with Gasteiger partial charge >= 0.3 is 5.97 Å². The van der Waals surface area contributed by atoms with Crippen molar-refractivity contribution in [2.45, 2.75) is 20.8 Å². The van der Waals surface area contributed by atoms with Crippen LogP contribution in [0.4, 0.5) is 15.1 Å². The van der Waals surface area contributed by atoms with Gasteiger partial charge in [-0.1, -0.05) is 0 Å². The third-order valence-corrected chi connectivity index (χ3v) is 5.51. The Balaban J connectivity index is 2.32. The molecule has 0 unspecified atom stereocenters. The maximum absolute atomic E-state index is 13.0. The SMILES string of the molecule is CCN(CC)C(=O)c1sc(NC(=S)Nc2ccc(F)cc2)c(C(=O)OC)c1C. The van der Waals surface area contributed by atoms with E-state index in [4.69, 9.17) is 17.0 Å². The van der Waals surface area contributed by atoms with E-state index in [2.05, 4.69) is 10.6 Å². The maximum atomic E-state index is 13.0. The largest absolute Gasteiger partial charge is 0.465 e. The second-order valence-corrected chi connectivity index (χ2v) is 7.24. The van der Waals surface area contributed by atoms with Gasteiger partial charge in [0.2, 0.25) is 0 Å². The van der Waals surface area contributed by atoms with Crippen molar-refractivity contribution in [3.63, 3.8) is 0 Å². The van der Waals surface area contributed by atoms with Crippen molar-refractivity contribution in [1.29, 1.82) is 0 Å². The summed E-state index contributed by atoms with van der Waals surface area (Å²) in [5.74, 6) is -1.06. The molecule has 0 radical (unpaired) electrons. The van der Waals surface area contributed by atoms with E-state index in [1.54, 1.807) is 24.0 Å². The number of thiophene rings is 1. The molecular weight excluding hydrogens is 401 g/mol. The van der Waals surface area contributed by atoms with E-state index < -0.39 is 5.97 Å². The Morgan fingerprint density at radius 1 is 1.18 bits per heavy atom. The van der Waals surface area contributed by atoms with Gasteiger partial charge in [-0.3, -0.25) is 4.79 Å². The minimum Gasteiger partial charge on any atom is -0.465 e. The second kappa shape index (κ2) is 9.61. The first kappa shape index (κ1) is 21.8. The molecule has 0 aliphatic carbocycles. The number of halogens is 1. The number of amides is 1. The predicted octanol–water partition coefficient (Wildman–Crippen LogP) is 4.27. The van der Waals surface area contributed by atoms with Crippen LogP contribution in [0.15, 0.2) is 24.3 Å². The summed E-state index contributed by atoms with van der Waals surface area (Å²) in [5, 5.41) is 6.50. The lowest BCUT2D eigenvalue weighted by Gasteiger charge is -2.17. The number of nitrogens with one attached hydrogen (secondary N) is 2. The van der Waals surface area contributed by atoms with E-state index in [0.717, 1.165) is 11.3 Å². The Hall–Kier alpha value is -2.52. The van der Waals surface area contributed by atoms with Crippen molar-refractivity contribution in [2.24, 2.45) is 0 Å². The number of benzene rings is 1. The first-order chi connectivity index (χ1) is 13.3. The van der Waals surface area contributed by atoms with Crippen molar-refractivity contribution in [2.75, 3.05) is 30.8 Å². The Kier molecular flexibility index (Phi) is 7.47. The van der Waals surface area contributed by atoms with Crippen LogP contribution >= 0.6 is 23.6 Å². The van der Waals surface area contributed by atoms with Crippen LogP contribution in [0.3, 0.4) is 0 Å². The zero-order valence-electron chi connectivity index (χ0n) is 16.1. The van der Waals surface area contributed by atoms with Crippen molar-refractivity contribution < 1.29 is 18.7 Å². The zero-order valence-corrected chi connectivity index (χ0v) is 17.7. The summed E-state index contributed by atoms with van der Waals surface area (Å²) in [5.41, 5.74) is 1.40. The van der Waals surface area contributed by atoms with E-state index >= 15 is 0 Å². The van der Waals surface area contributed by atoms with Gasteiger partial charge in [0.25, 0.3) is 5.91 Å². The Labute approximate surface area is 172 Å². The number of ether oxygens (including phenoxy) is 1. The normalized spacial score (nSPS) is 10.3. The number of methoxy groups -OCH3 is 1. The van der Waals surface area contributed by atoms with Crippen LogP contribution in [0.2, 0.25) is 0 Å². The molecule has 2 N–H and O–H groups in total. The third-order valence-electron chi connectivity index (χ3n) is 4.11. The zero-order chi connectivity index (χ0) is 20.8. The second-order valence-electron chi connectivity index (χ2n) is 5.82. The number of thiocarbonyl (C=S) groups is 1. The lowest BCUT2D eigenvalue weighted by Crippen LogP contribution is -2.30. The predicted molar refractivity (Wildman–Crippen MR) is 114 cm³/mol. The molecule has 0 fully saturated rings. The van der Waals surface area contributed by atoms with E-state index in [9.17, 15) is 14.0 Å². The van der Waals surface area contributed by atoms with Gasteiger partial charge in [-0.2, -0.15) is 0 Å². The summed E-state index contributed by atoms with van der Waals surface area (Å²) in [6.45, 7) is 6.63. The highest BCUT2D eigenvalue weighted by atomic mass is 32.1. The van der Waals surface area contributed by atoms with Crippen molar-refractivity contribution in [3.8, 4) is 0 Å². The molecule has 1 aromatic carbocycles. The molecule has 0 bridgehead atoms. The number of nitrogens with zero attached hydrogens (tertiary/aromatic N) is 1. The standard InChI is InChI=1S/C19H22FN3O3S2/c1-5-23(6-2)17(24)15-11(3)14(18(25)26-4)16(28-15)22-19(27)21-13-9-7-12(20)8-10-13/h7-10H,5-6H2,1-4H3,(H2,21,22,27). The van der Waals surface area contributed by atoms with Crippen LogP contribution in [-0.4, -0.2) is 42.1 Å². The molecule has 0 aliphatic rings. The molecule has 6 nitrogen and oxygen atoms in total. The number of carbonyl (C=O) groups is 2. The highest BCUT2D eigenvalue weighted by Gasteiger charge is 2.27.